The molecule has 0 amide bonds. The van der Waals surface area contributed by atoms with E-state index in [1.54, 1.807) is 48.7 Å². The molecule has 2 aliphatic heterocycles. The van der Waals surface area contributed by atoms with Gasteiger partial charge < -0.3 is 29.6 Å². The molecule has 38 heavy (non-hydrogen) atoms. The number of rotatable bonds is 10. The molecular weight excluding hydrogens is 519 g/mol. The molecule has 14 nitrogen and oxygen atoms in total. The molecule has 2 saturated heterocycles. The molecule has 0 saturated carbocycles. The van der Waals surface area contributed by atoms with Gasteiger partial charge in [-0.15, -0.1) is 0 Å². The topological polar surface area (TPSA) is 182 Å². The number of esters is 1. The number of nitrogens with two attached hydrogens (primary N) is 1. The van der Waals surface area contributed by atoms with Crippen LogP contribution >= 0.6 is 7.75 Å². The van der Waals surface area contributed by atoms with Gasteiger partial charge in [-0.2, -0.15) is 5.09 Å². The number of aliphatic hydroxyl groups excluding tert-OH is 1. The summed E-state index contributed by atoms with van der Waals surface area (Å²) < 4.78 is 44.2. The second-order valence-corrected chi connectivity index (χ2v) is 11.1. The van der Waals surface area contributed by atoms with Gasteiger partial charge in [0.05, 0.1) is 25.6 Å². The van der Waals surface area contributed by atoms with Gasteiger partial charge in [0.25, 0.3) is 0 Å². The number of imidazole rings is 1. The lowest BCUT2D eigenvalue weighted by atomic mass is 10.0. The molecular formula is C23H29N6O8P. The number of carbonyl (C=O) groups excluding carboxylic acids is 1. The van der Waals surface area contributed by atoms with Gasteiger partial charge >= 0.3 is 13.7 Å². The van der Waals surface area contributed by atoms with Crippen LogP contribution in [-0.2, 0) is 28.1 Å². The van der Waals surface area contributed by atoms with E-state index >= 15 is 0 Å². The quantitative estimate of drug-likeness (QED) is 0.245. The highest BCUT2D eigenvalue weighted by Crippen LogP contribution is 2.50. The van der Waals surface area contributed by atoms with Crippen LogP contribution in [0.1, 0.15) is 27.0 Å². The monoisotopic (exact) mass is 548 g/mol. The van der Waals surface area contributed by atoms with E-state index in [9.17, 15) is 14.5 Å². The fourth-order valence-corrected chi connectivity index (χ4v) is 5.87. The van der Waals surface area contributed by atoms with Crippen molar-refractivity contribution in [3.05, 3.63) is 43.0 Å². The summed E-state index contributed by atoms with van der Waals surface area (Å²) in [6.07, 6.45) is -0.338. The first-order valence-corrected chi connectivity index (χ1v) is 13.5. The summed E-state index contributed by atoms with van der Waals surface area (Å²) in [5.41, 5.74) is 5.29. The smallest absolute Gasteiger partial charge is 0.459 e. The molecule has 0 spiro atoms. The van der Waals surface area contributed by atoms with E-state index in [1.807, 2.05) is 0 Å². The molecule has 0 radical (unpaired) electrons. The van der Waals surface area contributed by atoms with Crippen LogP contribution in [0.4, 0.5) is 5.82 Å². The number of benzene rings is 1. The number of fused-ring (bicyclic) bond motifs is 3. The van der Waals surface area contributed by atoms with E-state index < -0.39 is 43.8 Å². The summed E-state index contributed by atoms with van der Waals surface area (Å²) in [6.45, 7) is 4.48. The van der Waals surface area contributed by atoms with E-state index in [4.69, 9.17) is 29.0 Å². The summed E-state index contributed by atoms with van der Waals surface area (Å²) in [7, 11) is -4.19. The third-order valence-electron chi connectivity index (χ3n) is 6.17. The van der Waals surface area contributed by atoms with Gasteiger partial charge in [0.1, 0.15) is 41.4 Å². The average molecular weight is 548 g/mol. The number of hydrogen-bond donors (Lipinski definition) is 3. The number of aromatic nitrogens is 4. The van der Waals surface area contributed by atoms with E-state index in [-0.39, 0.29) is 30.9 Å². The molecule has 1 aromatic carbocycles. The van der Waals surface area contributed by atoms with Crippen molar-refractivity contribution in [2.24, 2.45) is 0 Å². The number of ether oxygens (including phenoxy) is 3. The van der Waals surface area contributed by atoms with Crippen molar-refractivity contribution in [1.82, 2.24) is 24.6 Å². The number of nitrogens with zero attached hydrogens (tertiary/aromatic N) is 4. The van der Waals surface area contributed by atoms with Crippen LogP contribution in [-0.4, -0.2) is 73.8 Å². The standard InChI is InChI=1S/C23H29N6O8P/c1-13(2)35-22(31)14(3)28-38(32,37-15-7-5-4-6-8-15)34-10-23-9-33-17(18(23)30)21(36-23)29-12-27-16-19(24)25-11-26-20(16)29/h4-8,11-14,17-18,21,30H,9-10H2,1-3H3,(H,28,32)(H2,24,25,26). The molecule has 2 bridgehead atoms. The highest BCUT2D eigenvalue weighted by atomic mass is 31.2. The van der Waals surface area contributed by atoms with Crippen LogP contribution in [0.25, 0.3) is 11.2 Å². The molecule has 6 unspecified atom stereocenters. The van der Waals surface area contributed by atoms with Crippen LogP contribution in [0.15, 0.2) is 43.0 Å². The third-order valence-corrected chi connectivity index (χ3v) is 7.80. The second-order valence-electron chi connectivity index (χ2n) is 9.39. The number of nitrogens with one attached hydrogen (secondary N) is 1. The summed E-state index contributed by atoms with van der Waals surface area (Å²) in [6, 6.07) is 7.33. The second kappa shape index (κ2) is 10.2. The van der Waals surface area contributed by atoms with Gasteiger partial charge in [-0.25, -0.2) is 19.5 Å². The number of nitrogen functional groups attached to an aromatic ring is 1. The molecule has 3 aromatic rings. The molecule has 15 heteroatoms. The van der Waals surface area contributed by atoms with Crippen LogP contribution in [0.3, 0.4) is 0 Å². The summed E-state index contributed by atoms with van der Waals surface area (Å²) >= 11 is 0. The van der Waals surface area contributed by atoms with Crippen LogP contribution in [0.5, 0.6) is 5.75 Å². The third kappa shape index (κ3) is 4.98. The van der Waals surface area contributed by atoms with E-state index in [1.165, 1.54) is 19.6 Å². The van der Waals surface area contributed by atoms with E-state index in [0.29, 0.717) is 11.2 Å². The Kier molecular flexibility index (Phi) is 7.11. The predicted molar refractivity (Wildman–Crippen MR) is 133 cm³/mol. The van der Waals surface area contributed by atoms with Gasteiger partial charge in [0.2, 0.25) is 0 Å². The minimum atomic E-state index is -4.19. The highest BCUT2D eigenvalue weighted by molar-refractivity contribution is 7.52. The summed E-state index contributed by atoms with van der Waals surface area (Å²) in [5, 5.41) is 13.7. The number of anilines is 1. The predicted octanol–water partition coefficient (Wildman–Crippen LogP) is 1.57. The van der Waals surface area contributed by atoms with E-state index in [2.05, 4.69) is 20.0 Å². The number of aliphatic hydroxyl groups is 1. The minimum Gasteiger partial charge on any atom is -0.462 e. The van der Waals surface area contributed by atoms with Gasteiger partial charge in [0, 0.05) is 0 Å². The van der Waals surface area contributed by atoms with Crippen LogP contribution in [0, 0.1) is 0 Å². The normalized spacial score (nSPS) is 26.9. The van der Waals surface area contributed by atoms with Crippen molar-refractivity contribution in [1.29, 1.82) is 0 Å². The first-order valence-electron chi connectivity index (χ1n) is 12.0. The number of hydrogen-bond acceptors (Lipinski definition) is 12. The van der Waals surface area contributed by atoms with Gasteiger partial charge in [-0.3, -0.25) is 13.9 Å². The fraction of sp³-hybridized carbons (Fsp3) is 0.478. The molecule has 2 aliphatic rings. The van der Waals surface area contributed by atoms with Crippen molar-refractivity contribution < 1.29 is 37.7 Å². The molecule has 6 atom stereocenters. The summed E-state index contributed by atoms with van der Waals surface area (Å²) in [5.74, 6) is -0.182. The zero-order chi connectivity index (χ0) is 27.1. The van der Waals surface area contributed by atoms with Crippen LogP contribution in [0.2, 0.25) is 0 Å². The lowest BCUT2D eigenvalue weighted by Crippen LogP contribution is -2.46. The zero-order valence-corrected chi connectivity index (χ0v) is 21.9. The Morgan fingerprint density at radius 1 is 1.29 bits per heavy atom. The Morgan fingerprint density at radius 3 is 2.79 bits per heavy atom. The van der Waals surface area contributed by atoms with Gasteiger partial charge in [-0.1, -0.05) is 18.2 Å². The largest absolute Gasteiger partial charge is 0.462 e. The zero-order valence-electron chi connectivity index (χ0n) is 21.0. The Bertz CT molecular complexity index is 1360. The first kappa shape index (κ1) is 26.5. The highest BCUT2D eigenvalue weighted by Gasteiger charge is 2.63. The fourth-order valence-electron chi connectivity index (χ4n) is 4.32. The molecule has 5 rings (SSSR count). The van der Waals surface area contributed by atoms with Crippen molar-refractivity contribution in [2.75, 3.05) is 18.9 Å². The van der Waals surface area contributed by atoms with E-state index in [0.717, 1.165) is 0 Å². The molecule has 2 fully saturated rings. The SMILES string of the molecule is CC(C)OC(=O)C(C)NP(=O)(OCC12COC(C(n3cnc4c(N)ncnc43)O1)C2O)Oc1ccccc1. The van der Waals surface area contributed by atoms with Crippen molar-refractivity contribution in [2.45, 2.75) is 57.0 Å². The Balaban J connectivity index is 1.36. The van der Waals surface area contributed by atoms with Gasteiger partial charge in [0.15, 0.2) is 17.7 Å². The maximum absolute atomic E-state index is 13.9. The maximum atomic E-state index is 13.9. The molecule has 2 aromatic heterocycles. The molecule has 4 N–H and O–H groups in total. The number of carbonyl (C=O) groups is 1. The van der Waals surface area contributed by atoms with Crippen LogP contribution < -0.4 is 15.3 Å². The Hall–Kier alpha value is -3.13. The Morgan fingerprint density at radius 2 is 2.05 bits per heavy atom. The minimum absolute atomic E-state index is 0.0324. The molecule has 4 heterocycles. The van der Waals surface area contributed by atoms with Crippen molar-refractivity contribution in [3.63, 3.8) is 0 Å². The number of para-hydroxylation sites is 1. The summed E-state index contributed by atoms with van der Waals surface area (Å²) in [4.78, 5) is 24.8. The maximum Gasteiger partial charge on any atom is 0.459 e. The Labute approximate surface area is 218 Å². The molecule has 0 aliphatic carbocycles. The van der Waals surface area contributed by atoms with Gasteiger partial charge in [-0.05, 0) is 32.9 Å². The average Bonchev–Trinajstić information content (AvgIpc) is 3.53. The lowest BCUT2D eigenvalue weighted by Gasteiger charge is -2.32. The van der Waals surface area contributed by atoms with Crippen molar-refractivity contribution >= 4 is 30.7 Å². The molecule has 204 valence electrons. The lowest BCUT2D eigenvalue weighted by molar-refractivity contribution is -0.183. The first-order chi connectivity index (χ1) is 18.1. The van der Waals surface area contributed by atoms with Crippen molar-refractivity contribution in [3.8, 4) is 5.75 Å².